The molecule has 0 aliphatic carbocycles. The average molecular weight is 199 g/mol. The maximum Gasteiger partial charge on any atom is 1.00 e. The molecule has 0 saturated carbocycles. The van der Waals surface area contributed by atoms with Gasteiger partial charge in [-0.05, 0) is 6.42 Å². The van der Waals surface area contributed by atoms with E-state index in [1.165, 1.54) is 6.08 Å². The Bertz CT molecular complexity index is 148. The zero-order valence-corrected chi connectivity index (χ0v) is 10.3. The van der Waals surface area contributed by atoms with Crippen LogP contribution in [0.5, 0.6) is 0 Å². The first-order chi connectivity index (χ1) is 5.18. The molecule has 0 heterocycles. The Hall–Kier alpha value is 0.500. The second kappa shape index (κ2) is 9.59. The van der Waals surface area contributed by atoms with E-state index in [0.717, 1.165) is 19.3 Å². The maximum absolute atomic E-state index is 10.1. The Morgan fingerprint density at radius 2 is 2.25 bits per heavy atom. The molecule has 0 aliphatic rings. The van der Waals surface area contributed by atoms with Crippen LogP contribution in [0.15, 0.2) is 12.2 Å². The standard InChI is InChI=1S/C8H13ClO2.Na/c1-2-3-4-5-6-7(9)8(10)11;/h5-7H,2-4H2,1H3,(H,10,11);/q;+1/p-1/b6-5+;. The number of carboxylic acids is 1. The minimum Gasteiger partial charge on any atom is -0.548 e. The van der Waals surface area contributed by atoms with Gasteiger partial charge >= 0.3 is 29.6 Å². The third kappa shape index (κ3) is 8.60. The largest absolute Gasteiger partial charge is 1.00 e. The monoisotopic (exact) mass is 198 g/mol. The van der Waals surface area contributed by atoms with Gasteiger partial charge in [-0.25, -0.2) is 0 Å². The van der Waals surface area contributed by atoms with Gasteiger partial charge < -0.3 is 9.90 Å². The second-order valence-corrected chi connectivity index (χ2v) is 2.76. The van der Waals surface area contributed by atoms with Gasteiger partial charge in [0.25, 0.3) is 0 Å². The number of alkyl halides is 1. The van der Waals surface area contributed by atoms with Gasteiger partial charge in [0, 0.05) is 0 Å². The summed E-state index contributed by atoms with van der Waals surface area (Å²) in [7, 11) is 0. The molecule has 0 fully saturated rings. The van der Waals surface area contributed by atoms with Crippen molar-refractivity contribution in [3.8, 4) is 0 Å². The van der Waals surface area contributed by atoms with Crippen LogP contribution in [-0.2, 0) is 4.79 Å². The predicted molar refractivity (Wildman–Crippen MR) is 43.3 cm³/mol. The van der Waals surface area contributed by atoms with E-state index in [1.807, 2.05) is 0 Å². The van der Waals surface area contributed by atoms with Gasteiger partial charge in [0.15, 0.2) is 0 Å². The van der Waals surface area contributed by atoms with Crippen LogP contribution in [0.25, 0.3) is 0 Å². The van der Waals surface area contributed by atoms with E-state index in [2.05, 4.69) is 6.92 Å². The van der Waals surface area contributed by atoms with Crippen molar-refractivity contribution in [1.29, 1.82) is 0 Å². The number of hydrogen-bond donors (Lipinski definition) is 0. The van der Waals surface area contributed by atoms with Crippen molar-refractivity contribution in [2.75, 3.05) is 0 Å². The van der Waals surface area contributed by atoms with Crippen molar-refractivity contribution in [1.82, 2.24) is 0 Å². The second-order valence-electron chi connectivity index (χ2n) is 2.29. The molecule has 0 radical (unpaired) electrons. The average Bonchev–Trinajstić information content (AvgIpc) is 1.97. The summed E-state index contributed by atoms with van der Waals surface area (Å²) in [5.74, 6) is -1.24. The molecule has 0 aliphatic heterocycles. The maximum atomic E-state index is 10.1. The summed E-state index contributed by atoms with van der Waals surface area (Å²) in [6.45, 7) is 2.07. The third-order valence-corrected chi connectivity index (χ3v) is 1.58. The van der Waals surface area contributed by atoms with Crippen LogP contribution in [0, 0.1) is 0 Å². The van der Waals surface area contributed by atoms with Gasteiger partial charge in [0.05, 0.1) is 11.3 Å². The number of aliphatic carboxylic acids is 1. The van der Waals surface area contributed by atoms with Gasteiger partial charge in [-0.1, -0.05) is 31.9 Å². The van der Waals surface area contributed by atoms with Crippen molar-refractivity contribution >= 4 is 17.6 Å². The van der Waals surface area contributed by atoms with Gasteiger partial charge in [0.2, 0.25) is 0 Å². The summed E-state index contributed by atoms with van der Waals surface area (Å²) >= 11 is 5.35. The van der Waals surface area contributed by atoms with E-state index in [4.69, 9.17) is 11.6 Å². The topological polar surface area (TPSA) is 40.1 Å². The predicted octanol–water partition coefficient (Wildman–Crippen LogP) is -1.91. The molecule has 0 bridgehead atoms. The first-order valence-electron chi connectivity index (χ1n) is 3.70. The van der Waals surface area contributed by atoms with Crippen LogP contribution in [-0.4, -0.2) is 11.3 Å². The number of hydrogen-bond acceptors (Lipinski definition) is 2. The fourth-order valence-corrected chi connectivity index (χ4v) is 0.719. The van der Waals surface area contributed by atoms with Crippen molar-refractivity contribution < 1.29 is 39.5 Å². The summed E-state index contributed by atoms with van der Waals surface area (Å²) in [5, 5.41) is 9.09. The Labute approximate surface area is 100 Å². The van der Waals surface area contributed by atoms with Crippen LogP contribution >= 0.6 is 11.6 Å². The zero-order valence-electron chi connectivity index (χ0n) is 7.55. The molecule has 12 heavy (non-hydrogen) atoms. The van der Waals surface area contributed by atoms with Gasteiger partial charge in [0.1, 0.15) is 0 Å². The van der Waals surface area contributed by atoms with Gasteiger partial charge in [-0.15, -0.1) is 11.6 Å². The summed E-state index contributed by atoms with van der Waals surface area (Å²) in [6, 6.07) is 0. The molecule has 0 aromatic heterocycles. The number of carbonyl (C=O) groups excluding carboxylic acids is 1. The summed E-state index contributed by atoms with van der Waals surface area (Å²) in [4.78, 5) is 10.1. The van der Waals surface area contributed by atoms with E-state index in [-0.39, 0.29) is 29.6 Å². The summed E-state index contributed by atoms with van der Waals surface area (Å²) in [6.07, 6.45) is 6.27. The van der Waals surface area contributed by atoms with E-state index < -0.39 is 11.3 Å². The fourth-order valence-electron chi connectivity index (χ4n) is 0.616. The summed E-state index contributed by atoms with van der Waals surface area (Å²) < 4.78 is 0. The van der Waals surface area contributed by atoms with E-state index in [9.17, 15) is 9.90 Å². The molecule has 0 saturated heterocycles. The van der Waals surface area contributed by atoms with Gasteiger partial charge in [-0.2, -0.15) is 0 Å². The van der Waals surface area contributed by atoms with E-state index in [0.29, 0.717) is 0 Å². The van der Waals surface area contributed by atoms with Crippen LogP contribution < -0.4 is 34.7 Å². The number of unbranched alkanes of at least 4 members (excludes halogenated alkanes) is 2. The van der Waals surface area contributed by atoms with Crippen LogP contribution in [0.3, 0.4) is 0 Å². The minimum absolute atomic E-state index is 0. The van der Waals surface area contributed by atoms with Crippen LogP contribution in [0.2, 0.25) is 0 Å². The van der Waals surface area contributed by atoms with Crippen molar-refractivity contribution in [3.63, 3.8) is 0 Å². The van der Waals surface area contributed by atoms with E-state index in [1.54, 1.807) is 6.08 Å². The number of halogens is 1. The first kappa shape index (κ1) is 15.0. The van der Waals surface area contributed by atoms with Crippen molar-refractivity contribution in [2.45, 2.75) is 31.6 Å². The molecule has 64 valence electrons. The molecule has 0 spiro atoms. The first-order valence-corrected chi connectivity index (χ1v) is 4.13. The van der Waals surface area contributed by atoms with Crippen molar-refractivity contribution in [2.24, 2.45) is 0 Å². The molecule has 1 unspecified atom stereocenters. The SMILES string of the molecule is CCCC/C=C/C(Cl)C(=O)[O-].[Na+]. The molecule has 0 rings (SSSR count). The quantitative estimate of drug-likeness (QED) is 0.224. The molecular weight excluding hydrogens is 187 g/mol. The molecule has 0 amide bonds. The molecular formula is C8H12ClNaO2. The summed E-state index contributed by atoms with van der Waals surface area (Å²) in [5.41, 5.74) is 0. The number of carbonyl (C=O) groups is 1. The molecule has 0 aromatic carbocycles. The Balaban J connectivity index is 0. The minimum atomic E-state index is -1.24. The number of allylic oxidation sites excluding steroid dienone is 1. The molecule has 0 aromatic rings. The van der Waals surface area contributed by atoms with E-state index >= 15 is 0 Å². The normalized spacial score (nSPS) is 12.5. The Kier molecular flexibility index (Phi) is 12.0. The fraction of sp³-hybridized carbons (Fsp3) is 0.625. The smallest absolute Gasteiger partial charge is 0.548 e. The number of carboxylic acid groups (broad SMARTS) is 1. The Morgan fingerprint density at radius 3 is 2.67 bits per heavy atom. The van der Waals surface area contributed by atoms with Gasteiger partial charge in [-0.3, -0.25) is 0 Å². The molecule has 4 heteroatoms. The molecule has 1 atom stereocenters. The van der Waals surface area contributed by atoms with Crippen LogP contribution in [0.1, 0.15) is 26.2 Å². The van der Waals surface area contributed by atoms with Crippen LogP contribution in [0.4, 0.5) is 0 Å². The Morgan fingerprint density at radius 1 is 1.67 bits per heavy atom. The third-order valence-electron chi connectivity index (χ3n) is 1.25. The molecule has 2 nitrogen and oxygen atoms in total. The molecule has 0 N–H and O–H groups in total. The van der Waals surface area contributed by atoms with Crippen molar-refractivity contribution in [3.05, 3.63) is 12.2 Å². The zero-order chi connectivity index (χ0) is 8.69. The number of rotatable bonds is 5.